The van der Waals surface area contributed by atoms with Crippen molar-refractivity contribution in [2.24, 2.45) is 5.41 Å². The molecule has 1 aromatic carbocycles. The molecule has 0 spiro atoms. The zero-order valence-electron chi connectivity index (χ0n) is 15.6. The highest BCUT2D eigenvalue weighted by Crippen LogP contribution is 2.25. The van der Waals surface area contributed by atoms with Gasteiger partial charge in [-0.3, -0.25) is 9.59 Å². The van der Waals surface area contributed by atoms with Gasteiger partial charge in [0, 0.05) is 37.9 Å². The van der Waals surface area contributed by atoms with Crippen molar-refractivity contribution in [3.05, 3.63) is 30.1 Å². The number of hydrogen-bond acceptors (Lipinski definition) is 3. The van der Waals surface area contributed by atoms with E-state index in [9.17, 15) is 14.0 Å². The van der Waals surface area contributed by atoms with E-state index in [2.05, 4.69) is 10.2 Å². The van der Waals surface area contributed by atoms with Crippen molar-refractivity contribution in [1.82, 2.24) is 10.2 Å². The van der Waals surface area contributed by atoms with Crippen LogP contribution in [0.5, 0.6) is 0 Å². The van der Waals surface area contributed by atoms with Gasteiger partial charge in [-0.05, 0) is 51.0 Å². The molecule has 142 valence electrons. The van der Waals surface area contributed by atoms with Crippen LogP contribution in [-0.2, 0) is 9.59 Å². The fraction of sp³-hybridized carbons (Fsp3) is 0.600. The fourth-order valence-electron chi connectivity index (χ4n) is 3.75. The summed E-state index contributed by atoms with van der Waals surface area (Å²) in [5.74, 6) is -0.542. The number of hydrogen-bond donors (Lipinski definition) is 1. The average Bonchev–Trinajstić information content (AvgIpc) is 3.15. The van der Waals surface area contributed by atoms with Gasteiger partial charge in [-0.2, -0.15) is 0 Å². The summed E-state index contributed by atoms with van der Waals surface area (Å²) in [6, 6.07) is 6.62. The standard InChI is InChI=1S/C20H28FN3O2/c1-20(2,18(25)22-16-5-3-4-6-16)19(26)24-13-11-23(12-14-24)17-9-7-15(21)8-10-17/h7-10,16H,3-6,11-14H2,1-2H3,(H,22,25). The molecule has 1 saturated carbocycles. The molecule has 0 atom stereocenters. The molecule has 3 rings (SSSR count). The lowest BCUT2D eigenvalue weighted by Gasteiger charge is -2.39. The van der Waals surface area contributed by atoms with Gasteiger partial charge in [-0.15, -0.1) is 0 Å². The van der Waals surface area contributed by atoms with Gasteiger partial charge < -0.3 is 15.1 Å². The first-order valence-electron chi connectivity index (χ1n) is 9.49. The van der Waals surface area contributed by atoms with Crippen LogP contribution in [0.25, 0.3) is 0 Å². The molecule has 1 heterocycles. The SMILES string of the molecule is CC(C)(C(=O)NC1CCCC1)C(=O)N1CCN(c2ccc(F)cc2)CC1. The smallest absolute Gasteiger partial charge is 0.237 e. The van der Waals surface area contributed by atoms with E-state index in [0.29, 0.717) is 26.2 Å². The van der Waals surface area contributed by atoms with Crippen LogP contribution in [0.15, 0.2) is 24.3 Å². The molecule has 26 heavy (non-hydrogen) atoms. The van der Waals surface area contributed by atoms with Crippen molar-refractivity contribution < 1.29 is 14.0 Å². The van der Waals surface area contributed by atoms with Crippen LogP contribution in [0.3, 0.4) is 0 Å². The zero-order chi connectivity index (χ0) is 18.7. The lowest BCUT2D eigenvalue weighted by Crippen LogP contribution is -2.56. The van der Waals surface area contributed by atoms with E-state index in [4.69, 9.17) is 0 Å². The van der Waals surface area contributed by atoms with Crippen molar-refractivity contribution in [1.29, 1.82) is 0 Å². The van der Waals surface area contributed by atoms with Gasteiger partial charge in [-0.25, -0.2) is 4.39 Å². The quantitative estimate of drug-likeness (QED) is 0.839. The summed E-state index contributed by atoms with van der Waals surface area (Å²) in [7, 11) is 0. The van der Waals surface area contributed by atoms with Crippen molar-refractivity contribution in [2.75, 3.05) is 31.1 Å². The summed E-state index contributed by atoms with van der Waals surface area (Å²) < 4.78 is 13.1. The summed E-state index contributed by atoms with van der Waals surface area (Å²) in [5, 5.41) is 3.05. The minimum Gasteiger partial charge on any atom is -0.368 e. The molecule has 0 unspecified atom stereocenters. The lowest BCUT2D eigenvalue weighted by atomic mass is 9.89. The van der Waals surface area contributed by atoms with Gasteiger partial charge in [0.25, 0.3) is 0 Å². The Balaban J connectivity index is 1.56. The molecule has 0 aromatic heterocycles. The molecule has 0 radical (unpaired) electrons. The number of nitrogens with zero attached hydrogens (tertiary/aromatic N) is 2. The number of piperazine rings is 1. The summed E-state index contributed by atoms with van der Waals surface area (Å²) in [5.41, 5.74) is -0.0996. The Hall–Kier alpha value is -2.11. The number of halogens is 1. The second-order valence-corrected chi connectivity index (χ2v) is 7.84. The molecule has 2 amide bonds. The van der Waals surface area contributed by atoms with Crippen LogP contribution >= 0.6 is 0 Å². The maximum Gasteiger partial charge on any atom is 0.237 e. The van der Waals surface area contributed by atoms with Crippen LogP contribution in [0.1, 0.15) is 39.5 Å². The number of amides is 2. The lowest BCUT2D eigenvalue weighted by molar-refractivity contribution is -0.149. The molecule has 1 aliphatic heterocycles. The Morgan fingerprint density at radius 1 is 1.04 bits per heavy atom. The predicted octanol–water partition coefficient (Wildman–Crippen LogP) is 2.56. The van der Waals surface area contributed by atoms with E-state index in [1.54, 1.807) is 30.9 Å². The molecule has 1 aliphatic carbocycles. The maximum atomic E-state index is 13.1. The summed E-state index contributed by atoms with van der Waals surface area (Å²) in [6.45, 7) is 5.92. The first-order chi connectivity index (χ1) is 12.4. The number of rotatable bonds is 4. The van der Waals surface area contributed by atoms with Crippen LogP contribution in [0.2, 0.25) is 0 Å². The largest absolute Gasteiger partial charge is 0.368 e. The molecule has 1 aromatic rings. The first-order valence-corrected chi connectivity index (χ1v) is 9.49. The Kier molecular flexibility index (Phi) is 5.49. The third kappa shape index (κ3) is 4.00. The van der Waals surface area contributed by atoms with E-state index in [1.165, 1.54) is 12.1 Å². The molecule has 1 saturated heterocycles. The molecular weight excluding hydrogens is 333 g/mol. The van der Waals surface area contributed by atoms with Gasteiger partial charge in [0.2, 0.25) is 11.8 Å². The number of benzene rings is 1. The van der Waals surface area contributed by atoms with Crippen LogP contribution < -0.4 is 10.2 Å². The van der Waals surface area contributed by atoms with E-state index in [0.717, 1.165) is 31.4 Å². The molecule has 2 fully saturated rings. The molecule has 6 heteroatoms. The van der Waals surface area contributed by atoms with E-state index in [1.807, 2.05) is 0 Å². The van der Waals surface area contributed by atoms with Gasteiger partial charge in [0.05, 0.1) is 0 Å². The Bertz CT molecular complexity index is 646. The van der Waals surface area contributed by atoms with E-state index < -0.39 is 5.41 Å². The highest BCUT2D eigenvalue weighted by atomic mass is 19.1. The van der Waals surface area contributed by atoms with E-state index in [-0.39, 0.29) is 23.7 Å². The van der Waals surface area contributed by atoms with Crippen molar-refractivity contribution in [3.8, 4) is 0 Å². The third-order valence-corrected chi connectivity index (χ3v) is 5.55. The van der Waals surface area contributed by atoms with Crippen LogP contribution in [-0.4, -0.2) is 48.9 Å². The van der Waals surface area contributed by atoms with Gasteiger partial charge in [0.15, 0.2) is 0 Å². The molecule has 0 bridgehead atoms. The van der Waals surface area contributed by atoms with E-state index >= 15 is 0 Å². The average molecular weight is 361 g/mol. The zero-order valence-corrected chi connectivity index (χ0v) is 15.6. The minimum atomic E-state index is -1.05. The predicted molar refractivity (Wildman–Crippen MR) is 99.4 cm³/mol. The number of carbonyl (C=O) groups excluding carboxylic acids is 2. The summed E-state index contributed by atoms with van der Waals surface area (Å²) >= 11 is 0. The number of nitrogens with one attached hydrogen (secondary N) is 1. The van der Waals surface area contributed by atoms with Crippen LogP contribution in [0, 0.1) is 11.2 Å². The fourth-order valence-corrected chi connectivity index (χ4v) is 3.75. The topological polar surface area (TPSA) is 52.7 Å². The Morgan fingerprint density at radius 3 is 2.19 bits per heavy atom. The molecule has 5 nitrogen and oxygen atoms in total. The maximum absolute atomic E-state index is 13.1. The van der Waals surface area contributed by atoms with Gasteiger partial charge in [-0.1, -0.05) is 12.8 Å². The Morgan fingerprint density at radius 2 is 1.62 bits per heavy atom. The number of carbonyl (C=O) groups is 2. The monoisotopic (exact) mass is 361 g/mol. The minimum absolute atomic E-state index is 0.119. The van der Waals surface area contributed by atoms with Crippen LogP contribution in [0.4, 0.5) is 10.1 Å². The second kappa shape index (κ2) is 7.64. The molecular formula is C20H28FN3O2. The highest BCUT2D eigenvalue weighted by molar-refractivity contribution is 6.04. The van der Waals surface area contributed by atoms with Gasteiger partial charge in [0.1, 0.15) is 11.2 Å². The highest BCUT2D eigenvalue weighted by Gasteiger charge is 2.40. The summed E-state index contributed by atoms with van der Waals surface area (Å²) in [4.78, 5) is 29.4. The molecule has 2 aliphatic rings. The van der Waals surface area contributed by atoms with Crippen molar-refractivity contribution in [3.63, 3.8) is 0 Å². The normalized spacial score (nSPS) is 18.9. The summed E-state index contributed by atoms with van der Waals surface area (Å²) in [6.07, 6.45) is 4.30. The number of anilines is 1. The van der Waals surface area contributed by atoms with Crippen molar-refractivity contribution in [2.45, 2.75) is 45.6 Å². The van der Waals surface area contributed by atoms with Gasteiger partial charge >= 0.3 is 0 Å². The third-order valence-electron chi connectivity index (χ3n) is 5.55. The molecule has 1 N–H and O–H groups in total. The Labute approximate surface area is 154 Å². The second-order valence-electron chi connectivity index (χ2n) is 7.84. The van der Waals surface area contributed by atoms with Crippen molar-refractivity contribution >= 4 is 17.5 Å². The first kappa shape index (κ1) is 18.7.